The molecule has 23 heavy (non-hydrogen) atoms. The van der Waals surface area contributed by atoms with Crippen molar-refractivity contribution in [3.8, 4) is 0 Å². The Morgan fingerprint density at radius 3 is 1.78 bits per heavy atom. The fraction of sp³-hybridized carbons (Fsp3) is 0.692. The van der Waals surface area contributed by atoms with E-state index in [1.807, 2.05) is 0 Å². The molecule has 3 atom stereocenters. The highest BCUT2D eigenvalue weighted by Crippen LogP contribution is 2.13. The van der Waals surface area contributed by atoms with Crippen molar-refractivity contribution in [1.82, 2.24) is 0 Å². The summed E-state index contributed by atoms with van der Waals surface area (Å²) in [7, 11) is 0. The molecule has 0 aliphatic rings. The predicted octanol–water partition coefficient (Wildman–Crippen LogP) is -0.731. The Hall–Kier alpha value is -2.20. The molecule has 0 saturated heterocycles. The highest BCUT2D eigenvalue weighted by Gasteiger charge is 2.35. The number of carbonyl (C=O) groups is 4. The van der Waals surface area contributed by atoms with Crippen molar-refractivity contribution in [2.45, 2.75) is 46.2 Å². The fourth-order valence-corrected chi connectivity index (χ4v) is 1.41. The molecule has 0 saturated carbocycles. The van der Waals surface area contributed by atoms with Crippen LogP contribution >= 0.6 is 0 Å². The SMILES string of the molecule is CC(=O)OCOC(C(O)OC(C)=O)C(COC(C)=O)OC(C)=O. The van der Waals surface area contributed by atoms with Crippen molar-refractivity contribution in [2.24, 2.45) is 0 Å². The van der Waals surface area contributed by atoms with Gasteiger partial charge < -0.3 is 28.8 Å². The van der Waals surface area contributed by atoms with Crippen LogP contribution in [0, 0.1) is 0 Å². The average Bonchev–Trinajstić information content (AvgIpc) is 2.38. The van der Waals surface area contributed by atoms with Crippen molar-refractivity contribution < 1.29 is 48.0 Å². The van der Waals surface area contributed by atoms with E-state index in [9.17, 15) is 24.3 Å². The maximum absolute atomic E-state index is 11.1. The molecule has 0 heterocycles. The van der Waals surface area contributed by atoms with Crippen molar-refractivity contribution in [3.05, 3.63) is 0 Å². The van der Waals surface area contributed by atoms with Crippen molar-refractivity contribution >= 4 is 23.9 Å². The zero-order chi connectivity index (χ0) is 18.0. The zero-order valence-electron chi connectivity index (χ0n) is 13.3. The van der Waals surface area contributed by atoms with Gasteiger partial charge in [0.1, 0.15) is 6.61 Å². The summed E-state index contributed by atoms with van der Waals surface area (Å²) in [5.74, 6) is -2.90. The van der Waals surface area contributed by atoms with Gasteiger partial charge in [0.2, 0.25) is 6.29 Å². The first-order valence-electron chi connectivity index (χ1n) is 6.54. The van der Waals surface area contributed by atoms with Crippen molar-refractivity contribution in [3.63, 3.8) is 0 Å². The summed E-state index contributed by atoms with van der Waals surface area (Å²) in [6.07, 6.45) is -4.58. The zero-order valence-corrected chi connectivity index (χ0v) is 13.3. The van der Waals surface area contributed by atoms with Crippen LogP contribution in [-0.4, -0.2) is 60.9 Å². The van der Waals surface area contributed by atoms with E-state index in [1.165, 1.54) is 0 Å². The van der Waals surface area contributed by atoms with Gasteiger partial charge in [0, 0.05) is 27.7 Å². The van der Waals surface area contributed by atoms with Crippen LogP contribution in [0.4, 0.5) is 0 Å². The van der Waals surface area contributed by atoms with Crippen LogP contribution in [0.5, 0.6) is 0 Å². The number of ether oxygens (including phenoxy) is 5. The first kappa shape index (κ1) is 20.8. The Balaban J connectivity index is 5.07. The molecule has 3 unspecified atom stereocenters. The van der Waals surface area contributed by atoms with Crippen LogP contribution in [0.3, 0.4) is 0 Å². The van der Waals surface area contributed by atoms with E-state index in [-0.39, 0.29) is 0 Å². The van der Waals surface area contributed by atoms with E-state index >= 15 is 0 Å². The molecule has 132 valence electrons. The van der Waals surface area contributed by atoms with E-state index in [0.717, 1.165) is 27.7 Å². The molecule has 10 heteroatoms. The smallest absolute Gasteiger partial charge is 0.305 e. The van der Waals surface area contributed by atoms with E-state index in [0.29, 0.717) is 0 Å². The molecule has 0 bridgehead atoms. The van der Waals surface area contributed by atoms with Gasteiger partial charge in [-0.3, -0.25) is 19.2 Å². The van der Waals surface area contributed by atoms with Crippen LogP contribution in [0.1, 0.15) is 27.7 Å². The molecule has 0 spiro atoms. The average molecular weight is 336 g/mol. The summed E-state index contributed by atoms with van der Waals surface area (Å²) in [6.45, 7) is 3.32. The molecule has 10 nitrogen and oxygen atoms in total. The van der Waals surface area contributed by atoms with Crippen LogP contribution in [0.15, 0.2) is 0 Å². The largest absolute Gasteiger partial charge is 0.462 e. The predicted molar refractivity (Wildman–Crippen MR) is 71.5 cm³/mol. The van der Waals surface area contributed by atoms with Gasteiger partial charge in [-0.05, 0) is 0 Å². The van der Waals surface area contributed by atoms with Crippen molar-refractivity contribution in [1.29, 1.82) is 0 Å². The molecule has 0 aromatic carbocycles. The van der Waals surface area contributed by atoms with E-state index < -0.39 is 55.8 Å². The molecule has 0 aromatic heterocycles. The molecular formula is C13H20O10. The van der Waals surface area contributed by atoms with Gasteiger partial charge in [-0.15, -0.1) is 0 Å². The van der Waals surface area contributed by atoms with Crippen LogP contribution in [0.2, 0.25) is 0 Å². The van der Waals surface area contributed by atoms with Crippen molar-refractivity contribution in [2.75, 3.05) is 13.4 Å². The van der Waals surface area contributed by atoms with E-state index in [1.54, 1.807) is 0 Å². The first-order valence-corrected chi connectivity index (χ1v) is 6.54. The molecule has 0 radical (unpaired) electrons. The van der Waals surface area contributed by atoms with Gasteiger partial charge in [0.05, 0.1) is 0 Å². The number of carbonyl (C=O) groups excluding carboxylic acids is 4. The lowest BCUT2D eigenvalue weighted by Crippen LogP contribution is -2.47. The first-order chi connectivity index (χ1) is 10.6. The van der Waals surface area contributed by atoms with Crippen LogP contribution in [0.25, 0.3) is 0 Å². The topological polar surface area (TPSA) is 135 Å². The second kappa shape index (κ2) is 10.5. The minimum absolute atomic E-state index is 0.460. The van der Waals surface area contributed by atoms with Crippen LogP contribution < -0.4 is 0 Å². The van der Waals surface area contributed by atoms with Gasteiger partial charge in [-0.1, -0.05) is 0 Å². The van der Waals surface area contributed by atoms with E-state index in [4.69, 9.17) is 14.2 Å². The van der Waals surface area contributed by atoms with Gasteiger partial charge in [0.15, 0.2) is 19.0 Å². The molecule has 0 aliphatic carbocycles. The van der Waals surface area contributed by atoms with Gasteiger partial charge >= 0.3 is 23.9 Å². The molecule has 0 aliphatic heterocycles. The lowest BCUT2D eigenvalue weighted by Gasteiger charge is -2.29. The minimum atomic E-state index is -1.84. The second-order valence-corrected chi connectivity index (χ2v) is 4.34. The maximum atomic E-state index is 11.1. The quantitative estimate of drug-likeness (QED) is 0.326. The lowest BCUT2D eigenvalue weighted by atomic mass is 10.2. The normalized spacial score (nSPS) is 14.1. The molecular weight excluding hydrogens is 316 g/mol. The summed E-state index contributed by atoms with van der Waals surface area (Å²) in [5, 5.41) is 9.85. The third kappa shape index (κ3) is 10.2. The third-order valence-electron chi connectivity index (χ3n) is 2.23. The Kier molecular flexibility index (Phi) is 9.51. The molecule has 0 rings (SSSR count). The maximum Gasteiger partial charge on any atom is 0.305 e. The third-order valence-corrected chi connectivity index (χ3v) is 2.23. The summed E-state index contributed by atoms with van der Waals surface area (Å²) in [6, 6.07) is 0. The highest BCUT2D eigenvalue weighted by atomic mass is 16.7. The van der Waals surface area contributed by atoms with E-state index in [2.05, 4.69) is 9.47 Å². The molecule has 0 aromatic rings. The number of esters is 4. The molecule has 0 amide bonds. The Morgan fingerprint density at radius 2 is 1.35 bits per heavy atom. The van der Waals surface area contributed by atoms with Gasteiger partial charge in [-0.2, -0.15) is 0 Å². The summed E-state index contributed by atoms with van der Waals surface area (Å²) >= 11 is 0. The number of aliphatic hydroxyl groups is 1. The fourth-order valence-electron chi connectivity index (χ4n) is 1.41. The Labute approximate surface area is 132 Å². The number of hydrogen-bond donors (Lipinski definition) is 1. The highest BCUT2D eigenvalue weighted by molar-refractivity contribution is 5.67. The van der Waals surface area contributed by atoms with Crippen LogP contribution in [-0.2, 0) is 42.9 Å². The molecule has 0 fully saturated rings. The number of hydrogen-bond acceptors (Lipinski definition) is 10. The van der Waals surface area contributed by atoms with Gasteiger partial charge in [0.25, 0.3) is 0 Å². The molecule has 1 N–H and O–H groups in total. The number of aliphatic hydroxyl groups excluding tert-OH is 1. The second-order valence-electron chi connectivity index (χ2n) is 4.34. The summed E-state index contributed by atoms with van der Waals surface area (Å²) in [5.41, 5.74) is 0. The monoisotopic (exact) mass is 336 g/mol. The summed E-state index contributed by atoms with van der Waals surface area (Å²) in [4.78, 5) is 43.7. The minimum Gasteiger partial charge on any atom is -0.462 e. The summed E-state index contributed by atoms with van der Waals surface area (Å²) < 4.78 is 23.8. The Bertz CT molecular complexity index is 432. The standard InChI is InChI=1S/C13H20O10/c1-7(14)19-5-11(22-9(3)16)12(13(18)23-10(4)17)21-6-20-8(2)15/h11-13,18H,5-6H2,1-4H3. The Morgan fingerprint density at radius 1 is 0.826 bits per heavy atom. The number of rotatable bonds is 9. The van der Waals surface area contributed by atoms with Gasteiger partial charge in [-0.25, -0.2) is 0 Å². The lowest BCUT2D eigenvalue weighted by molar-refractivity contribution is -0.235.